The zero-order chi connectivity index (χ0) is 15.3. The van der Waals surface area contributed by atoms with Crippen molar-refractivity contribution in [2.45, 2.75) is 52.9 Å². The molecule has 0 saturated carbocycles. The molecule has 0 aliphatic heterocycles. The van der Waals surface area contributed by atoms with Gasteiger partial charge < -0.3 is 4.74 Å². The molecule has 0 atom stereocenters. The molecule has 0 fully saturated rings. The summed E-state index contributed by atoms with van der Waals surface area (Å²) in [7, 11) is 1.69. The van der Waals surface area contributed by atoms with Crippen molar-refractivity contribution in [3.8, 4) is 5.75 Å². The second kappa shape index (κ2) is 7.68. The SMILES string of the molecule is COc1c(CCCC(=O)C(C)C)cc(Cl)cc1C(C)C. The zero-order valence-corrected chi connectivity index (χ0v) is 13.9. The van der Waals surface area contributed by atoms with Crippen LogP contribution in [0.3, 0.4) is 0 Å². The summed E-state index contributed by atoms with van der Waals surface area (Å²) in [5, 5.41) is 0.736. The standard InChI is InChI=1S/C17H25ClO2/c1-11(2)15-10-14(18)9-13(17(15)20-5)7-6-8-16(19)12(3)4/h9-12H,6-8H2,1-5H3. The maximum atomic E-state index is 11.7. The number of ether oxygens (including phenoxy) is 1. The molecule has 0 saturated heterocycles. The number of hydrogen-bond acceptors (Lipinski definition) is 2. The lowest BCUT2D eigenvalue weighted by Crippen LogP contribution is -2.07. The van der Waals surface area contributed by atoms with Gasteiger partial charge in [0.1, 0.15) is 11.5 Å². The van der Waals surface area contributed by atoms with E-state index < -0.39 is 0 Å². The predicted molar refractivity (Wildman–Crippen MR) is 84.9 cm³/mol. The molecule has 0 radical (unpaired) electrons. The molecular weight excluding hydrogens is 272 g/mol. The second-order valence-electron chi connectivity index (χ2n) is 5.82. The maximum Gasteiger partial charge on any atom is 0.135 e. The first kappa shape index (κ1) is 17.0. The van der Waals surface area contributed by atoms with Gasteiger partial charge in [-0.1, -0.05) is 39.3 Å². The van der Waals surface area contributed by atoms with Crippen LogP contribution in [0.2, 0.25) is 5.02 Å². The van der Waals surface area contributed by atoms with Gasteiger partial charge in [-0.05, 0) is 42.0 Å². The van der Waals surface area contributed by atoms with E-state index in [1.165, 1.54) is 0 Å². The lowest BCUT2D eigenvalue weighted by atomic mass is 9.95. The third-order valence-corrected chi connectivity index (χ3v) is 3.72. The molecule has 0 N–H and O–H groups in total. The van der Waals surface area contributed by atoms with E-state index in [2.05, 4.69) is 13.8 Å². The highest BCUT2D eigenvalue weighted by atomic mass is 35.5. The van der Waals surface area contributed by atoms with Gasteiger partial charge in [-0.3, -0.25) is 4.79 Å². The fourth-order valence-electron chi connectivity index (χ4n) is 2.28. The van der Waals surface area contributed by atoms with Gasteiger partial charge in [0.05, 0.1) is 7.11 Å². The summed E-state index contributed by atoms with van der Waals surface area (Å²) in [5.74, 6) is 1.71. The quantitative estimate of drug-likeness (QED) is 0.706. The van der Waals surface area contributed by atoms with Crippen molar-refractivity contribution in [1.29, 1.82) is 0 Å². The summed E-state index contributed by atoms with van der Waals surface area (Å²) in [6, 6.07) is 3.92. The van der Waals surface area contributed by atoms with Gasteiger partial charge in [0, 0.05) is 17.4 Å². The van der Waals surface area contributed by atoms with E-state index in [4.69, 9.17) is 16.3 Å². The molecule has 1 aromatic carbocycles. The molecule has 0 aliphatic carbocycles. The molecule has 20 heavy (non-hydrogen) atoms. The minimum Gasteiger partial charge on any atom is -0.496 e. The molecule has 1 aromatic rings. The summed E-state index contributed by atoms with van der Waals surface area (Å²) in [5.41, 5.74) is 2.23. The van der Waals surface area contributed by atoms with Crippen LogP contribution < -0.4 is 4.74 Å². The molecule has 112 valence electrons. The number of methoxy groups -OCH3 is 1. The predicted octanol–water partition coefficient (Wildman–Crippen LogP) is 5.02. The lowest BCUT2D eigenvalue weighted by Gasteiger charge is -2.17. The van der Waals surface area contributed by atoms with Crippen LogP contribution in [0, 0.1) is 5.92 Å². The van der Waals surface area contributed by atoms with Crippen molar-refractivity contribution < 1.29 is 9.53 Å². The number of halogens is 1. The Morgan fingerprint density at radius 2 is 1.90 bits per heavy atom. The molecule has 0 unspecified atom stereocenters. The van der Waals surface area contributed by atoms with Gasteiger partial charge in [0.25, 0.3) is 0 Å². The highest BCUT2D eigenvalue weighted by Gasteiger charge is 2.14. The van der Waals surface area contributed by atoms with Gasteiger partial charge in [-0.25, -0.2) is 0 Å². The summed E-state index contributed by atoms with van der Waals surface area (Å²) in [6.45, 7) is 8.14. The fraction of sp³-hybridized carbons (Fsp3) is 0.588. The van der Waals surface area contributed by atoms with Crippen LogP contribution in [-0.4, -0.2) is 12.9 Å². The minimum atomic E-state index is 0.113. The van der Waals surface area contributed by atoms with Crippen LogP contribution in [0.5, 0.6) is 5.75 Å². The van der Waals surface area contributed by atoms with Crippen molar-refractivity contribution in [3.63, 3.8) is 0 Å². The normalized spacial score (nSPS) is 11.2. The lowest BCUT2D eigenvalue weighted by molar-refractivity contribution is -0.121. The van der Waals surface area contributed by atoms with E-state index in [9.17, 15) is 4.79 Å². The highest BCUT2D eigenvalue weighted by molar-refractivity contribution is 6.30. The molecule has 1 rings (SSSR count). The highest BCUT2D eigenvalue weighted by Crippen LogP contribution is 2.34. The van der Waals surface area contributed by atoms with Gasteiger partial charge in [-0.2, -0.15) is 0 Å². The maximum absolute atomic E-state index is 11.7. The van der Waals surface area contributed by atoms with Crippen molar-refractivity contribution in [3.05, 3.63) is 28.3 Å². The number of rotatable bonds is 7. The molecule has 0 amide bonds. The summed E-state index contributed by atoms with van der Waals surface area (Å²) < 4.78 is 5.55. The Hall–Kier alpha value is -1.02. The molecule has 2 nitrogen and oxygen atoms in total. The second-order valence-corrected chi connectivity index (χ2v) is 6.25. The molecule has 0 heterocycles. The number of ketones is 1. The van der Waals surface area contributed by atoms with Crippen molar-refractivity contribution in [2.24, 2.45) is 5.92 Å². The number of hydrogen-bond donors (Lipinski definition) is 0. The van der Waals surface area contributed by atoms with Crippen molar-refractivity contribution in [1.82, 2.24) is 0 Å². The Labute approximate surface area is 127 Å². The number of benzene rings is 1. The van der Waals surface area contributed by atoms with Crippen LogP contribution in [-0.2, 0) is 11.2 Å². The molecule has 0 aliphatic rings. The average Bonchev–Trinajstić information content (AvgIpc) is 2.37. The third kappa shape index (κ3) is 4.52. The molecule has 3 heteroatoms. The Morgan fingerprint density at radius 3 is 2.40 bits per heavy atom. The zero-order valence-electron chi connectivity index (χ0n) is 13.1. The molecule has 0 spiro atoms. The van der Waals surface area contributed by atoms with Crippen molar-refractivity contribution in [2.75, 3.05) is 7.11 Å². The topological polar surface area (TPSA) is 26.3 Å². The van der Waals surface area contributed by atoms with Crippen LogP contribution in [0.4, 0.5) is 0 Å². The van der Waals surface area contributed by atoms with E-state index in [0.717, 1.165) is 34.7 Å². The van der Waals surface area contributed by atoms with E-state index >= 15 is 0 Å². The summed E-state index contributed by atoms with van der Waals surface area (Å²) in [4.78, 5) is 11.7. The Morgan fingerprint density at radius 1 is 1.25 bits per heavy atom. The van der Waals surface area contributed by atoms with Crippen LogP contribution in [0.1, 0.15) is 57.6 Å². The summed E-state index contributed by atoms with van der Waals surface area (Å²) in [6.07, 6.45) is 2.28. The van der Waals surface area contributed by atoms with Crippen LogP contribution in [0.15, 0.2) is 12.1 Å². The summed E-state index contributed by atoms with van der Waals surface area (Å²) >= 11 is 6.19. The first-order chi connectivity index (χ1) is 9.36. The minimum absolute atomic E-state index is 0.113. The van der Waals surface area contributed by atoms with Gasteiger partial charge >= 0.3 is 0 Å². The Kier molecular flexibility index (Phi) is 6.54. The Balaban J connectivity index is 2.86. The first-order valence-electron chi connectivity index (χ1n) is 7.25. The van der Waals surface area contributed by atoms with Crippen LogP contribution >= 0.6 is 11.6 Å². The smallest absolute Gasteiger partial charge is 0.135 e. The fourth-order valence-corrected chi connectivity index (χ4v) is 2.53. The van der Waals surface area contributed by atoms with Gasteiger partial charge in [-0.15, -0.1) is 0 Å². The third-order valence-electron chi connectivity index (χ3n) is 3.50. The van der Waals surface area contributed by atoms with E-state index in [-0.39, 0.29) is 5.92 Å². The average molecular weight is 297 g/mol. The van der Waals surface area contributed by atoms with Crippen LogP contribution in [0.25, 0.3) is 0 Å². The molecule has 0 bridgehead atoms. The largest absolute Gasteiger partial charge is 0.496 e. The Bertz CT molecular complexity index is 464. The van der Waals surface area contributed by atoms with E-state index in [1.807, 2.05) is 26.0 Å². The number of carbonyl (C=O) groups excluding carboxylic acids is 1. The molecular formula is C17H25ClO2. The van der Waals surface area contributed by atoms with Gasteiger partial charge in [0.2, 0.25) is 0 Å². The number of carbonyl (C=O) groups is 1. The van der Waals surface area contributed by atoms with E-state index in [0.29, 0.717) is 18.1 Å². The van der Waals surface area contributed by atoms with Gasteiger partial charge in [0.15, 0.2) is 0 Å². The number of Topliss-reactive ketones (excluding diaryl/α,β-unsaturated/α-hetero) is 1. The first-order valence-corrected chi connectivity index (χ1v) is 7.63. The number of aryl methyl sites for hydroxylation is 1. The monoisotopic (exact) mass is 296 g/mol. The van der Waals surface area contributed by atoms with E-state index in [1.54, 1.807) is 7.11 Å². The molecule has 0 aromatic heterocycles. The van der Waals surface area contributed by atoms with Crippen molar-refractivity contribution >= 4 is 17.4 Å².